The van der Waals surface area contributed by atoms with Crippen LogP contribution in [0.4, 0.5) is 5.82 Å². The van der Waals surface area contributed by atoms with Gasteiger partial charge in [-0.05, 0) is 19.8 Å². The molecule has 4 nitrogen and oxygen atoms in total. The molecule has 0 atom stereocenters. The van der Waals surface area contributed by atoms with E-state index in [1.807, 2.05) is 14.0 Å². The summed E-state index contributed by atoms with van der Waals surface area (Å²) in [4.78, 5) is 4.51. The third-order valence-corrected chi connectivity index (χ3v) is 2.40. The van der Waals surface area contributed by atoms with Crippen LogP contribution < -0.4 is 5.32 Å². The summed E-state index contributed by atoms with van der Waals surface area (Å²) in [5.41, 5.74) is 3.19. The molecule has 0 aliphatic heterocycles. The molecule has 0 fully saturated rings. The highest BCUT2D eigenvalue weighted by molar-refractivity contribution is 5.85. The first-order chi connectivity index (χ1) is 7.72. The largest absolute Gasteiger partial charge is 0.388 e. The minimum atomic E-state index is 0.827. The molecule has 0 bridgehead atoms. The van der Waals surface area contributed by atoms with Gasteiger partial charge in [0.05, 0.1) is 11.8 Å². The van der Waals surface area contributed by atoms with Crippen LogP contribution in [0.5, 0.6) is 0 Å². The van der Waals surface area contributed by atoms with Gasteiger partial charge in [-0.1, -0.05) is 19.9 Å². The molecule has 1 aromatic heterocycles. The Morgan fingerprint density at radius 2 is 2.31 bits per heavy atom. The number of hydrogen-bond donors (Lipinski definition) is 2. The number of aromatic amines is 1. The number of nitrogens with one attached hydrogen (secondary N) is 2. The fraction of sp³-hybridized carbons (Fsp3) is 0.500. The van der Waals surface area contributed by atoms with Crippen molar-refractivity contribution in [2.24, 2.45) is 4.99 Å². The molecule has 0 spiro atoms. The van der Waals surface area contributed by atoms with Crippen molar-refractivity contribution in [3.05, 3.63) is 17.8 Å². The van der Waals surface area contributed by atoms with Crippen molar-refractivity contribution in [1.82, 2.24) is 15.5 Å². The molecule has 88 valence electrons. The summed E-state index contributed by atoms with van der Waals surface area (Å²) in [7, 11) is 1.91. The van der Waals surface area contributed by atoms with Crippen LogP contribution in [0.2, 0.25) is 0 Å². The normalized spacial score (nSPS) is 13.0. The van der Waals surface area contributed by atoms with Crippen molar-refractivity contribution in [2.45, 2.75) is 33.6 Å². The van der Waals surface area contributed by atoms with Gasteiger partial charge in [0, 0.05) is 18.5 Å². The van der Waals surface area contributed by atoms with Crippen LogP contribution in [0.25, 0.3) is 5.70 Å². The first-order valence-electron chi connectivity index (χ1n) is 5.68. The minimum absolute atomic E-state index is 0.827. The quantitative estimate of drug-likeness (QED) is 0.750. The molecule has 0 saturated heterocycles. The SMILES string of the molecule is CC/C=C(\NC)c1cn[nH]c1/N=C(\C)CC. The van der Waals surface area contributed by atoms with Crippen molar-refractivity contribution < 1.29 is 0 Å². The maximum atomic E-state index is 4.51. The van der Waals surface area contributed by atoms with E-state index < -0.39 is 0 Å². The molecule has 1 rings (SSSR count). The Labute approximate surface area is 96.9 Å². The third-order valence-electron chi connectivity index (χ3n) is 2.40. The zero-order chi connectivity index (χ0) is 12.0. The fourth-order valence-electron chi connectivity index (χ4n) is 1.38. The maximum Gasteiger partial charge on any atom is 0.157 e. The first-order valence-corrected chi connectivity index (χ1v) is 5.68. The Balaban J connectivity index is 3.06. The summed E-state index contributed by atoms with van der Waals surface area (Å²) in [6, 6.07) is 0. The Hall–Kier alpha value is -1.58. The zero-order valence-electron chi connectivity index (χ0n) is 10.5. The molecule has 16 heavy (non-hydrogen) atoms. The van der Waals surface area contributed by atoms with Crippen LogP contribution in [0.3, 0.4) is 0 Å². The number of aliphatic imine (C=N–C) groups is 1. The second-order valence-electron chi connectivity index (χ2n) is 3.61. The third kappa shape index (κ3) is 2.95. The number of allylic oxidation sites excluding steroid dienone is 1. The summed E-state index contributed by atoms with van der Waals surface area (Å²) >= 11 is 0. The van der Waals surface area contributed by atoms with Gasteiger partial charge in [-0.3, -0.25) is 5.10 Å². The first kappa shape index (κ1) is 12.5. The van der Waals surface area contributed by atoms with E-state index >= 15 is 0 Å². The van der Waals surface area contributed by atoms with E-state index in [-0.39, 0.29) is 0 Å². The van der Waals surface area contributed by atoms with Crippen molar-refractivity contribution in [2.75, 3.05) is 7.05 Å². The lowest BCUT2D eigenvalue weighted by atomic mass is 10.2. The summed E-state index contributed by atoms with van der Waals surface area (Å²) < 4.78 is 0. The second kappa shape index (κ2) is 6.10. The topological polar surface area (TPSA) is 53.1 Å². The zero-order valence-corrected chi connectivity index (χ0v) is 10.5. The van der Waals surface area contributed by atoms with Crippen molar-refractivity contribution in [1.29, 1.82) is 0 Å². The number of aromatic nitrogens is 2. The number of rotatable bonds is 5. The molecular formula is C12H20N4. The van der Waals surface area contributed by atoms with Gasteiger partial charge in [-0.25, -0.2) is 4.99 Å². The Kier molecular flexibility index (Phi) is 4.76. The van der Waals surface area contributed by atoms with E-state index in [9.17, 15) is 0 Å². The fourth-order valence-corrected chi connectivity index (χ4v) is 1.38. The van der Waals surface area contributed by atoms with Gasteiger partial charge in [0.15, 0.2) is 5.82 Å². The molecule has 0 aliphatic carbocycles. The van der Waals surface area contributed by atoms with Crippen molar-refractivity contribution in [3.8, 4) is 0 Å². The van der Waals surface area contributed by atoms with Crippen molar-refractivity contribution in [3.63, 3.8) is 0 Å². The molecule has 2 N–H and O–H groups in total. The lowest BCUT2D eigenvalue weighted by Crippen LogP contribution is -2.04. The Bertz CT molecular complexity index is 387. The standard InChI is InChI=1S/C12H20N4/c1-5-7-11(13-4)10-8-14-16-12(10)15-9(3)6-2/h7-8,13H,5-6H2,1-4H3,(H,14,16)/b11-7-,15-9+. The molecule has 0 saturated carbocycles. The van der Waals surface area contributed by atoms with Crippen LogP contribution in [0.15, 0.2) is 17.3 Å². The van der Waals surface area contributed by atoms with Crippen LogP contribution in [-0.4, -0.2) is 23.0 Å². The van der Waals surface area contributed by atoms with Gasteiger partial charge in [0.1, 0.15) is 0 Å². The lowest BCUT2D eigenvalue weighted by Gasteiger charge is -2.05. The lowest BCUT2D eigenvalue weighted by molar-refractivity contribution is 1.08. The van der Waals surface area contributed by atoms with Crippen molar-refractivity contribution >= 4 is 17.2 Å². The highest BCUT2D eigenvalue weighted by Crippen LogP contribution is 2.22. The Morgan fingerprint density at radius 3 is 2.88 bits per heavy atom. The number of nitrogens with zero attached hydrogens (tertiary/aromatic N) is 2. The van der Waals surface area contributed by atoms with Crippen LogP contribution >= 0.6 is 0 Å². The molecule has 1 heterocycles. The Morgan fingerprint density at radius 1 is 1.56 bits per heavy atom. The molecule has 0 amide bonds. The number of hydrogen-bond acceptors (Lipinski definition) is 3. The second-order valence-corrected chi connectivity index (χ2v) is 3.61. The van der Waals surface area contributed by atoms with E-state index in [2.05, 4.69) is 40.4 Å². The van der Waals surface area contributed by atoms with E-state index in [4.69, 9.17) is 0 Å². The predicted molar refractivity (Wildman–Crippen MR) is 69.0 cm³/mol. The summed E-state index contributed by atoms with van der Waals surface area (Å²) in [6.07, 6.45) is 5.87. The van der Waals surface area contributed by atoms with Gasteiger partial charge >= 0.3 is 0 Å². The predicted octanol–water partition coefficient (Wildman–Crippen LogP) is 2.88. The molecule has 0 unspecified atom stereocenters. The summed E-state index contributed by atoms with van der Waals surface area (Å²) in [6.45, 7) is 6.22. The van der Waals surface area contributed by atoms with Crippen LogP contribution in [-0.2, 0) is 0 Å². The van der Waals surface area contributed by atoms with Crippen LogP contribution in [0, 0.1) is 0 Å². The van der Waals surface area contributed by atoms with Gasteiger partial charge in [0.2, 0.25) is 0 Å². The van der Waals surface area contributed by atoms with Gasteiger partial charge in [-0.15, -0.1) is 0 Å². The minimum Gasteiger partial charge on any atom is -0.388 e. The molecule has 0 aromatic carbocycles. The molecular weight excluding hydrogens is 200 g/mol. The average molecular weight is 220 g/mol. The highest BCUT2D eigenvalue weighted by Gasteiger charge is 2.07. The molecule has 1 aromatic rings. The smallest absolute Gasteiger partial charge is 0.157 e. The summed E-state index contributed by atoms with van der Waals surface area (Å²) in [5, 5.41) is 10.1. The summed E-state index contributed by atoms with van der Waals surface area (Å²) in [5.74, 6) is 0.827. The van der Waals surface area contributed by atoms with E-state index in [1.165, 1.54) is 0 Å². The average Bonchev–Trinajstić information content (AvgIpc) is 2.73. The van der Waals surface area contributed by atoms with E-state index in [1.54, 1.807) is 6.20 Å². The van der Waals surface area contributed by atoms with Gasteiger partial charge in [-0.2, -0.15) is 5.10 Å². The number of H-pyrrole nitrogens is 1. The maximum absolute atomic E-state index is 4.51. The molecule has 0 radical (unpaired) electrons. The van der Waals surface area contributed by atoms with E-state index in [0.717, 1.165) is 35.6 Å². The van der Waals surface area contributed by atoms with Gasteiger partial charge in [0.25, 0.3) is 0 Å². The monoisotopic (exact) mass is 220 g/mol. The van der Waals surface area contributed by atoms with E-state index in [0.29, 0.717) is 0 Å². The molecule has 0 aliphatic rings. The molecule has 4 heteroatoms. The van der Waals surface area contributed by atoms with Crippen LogP contribution in [0.1, 0.15) is 39.2 Å². The highest BCUT2D eigenvalue weighted by atomic mass is 15.2. The van der Waals surface area contributed by atoms with Gasteiger partial charge < -0.3 is 5.32 Å².